The summed E-state index contributed by atoms with van der Waals surface area (Å²) in [4.78, 5) is 25.3. The van der Waals surface area contributed by atoms with E-state index in [-0.39, 0.29) is 5.92 Å². The third-order valence-corrected chi connectivity index (χ3v) is 4.82. The number of likely N-dealkylation sites (tertiary alicyclic amines) is 1. The van der Waals surface area contributed by atoms with E-state index < -0.39 is 5.97 Å². The van der Waals surface area contributed by atoms with Crippen molar-refractivity contribution in [3.05, 3.63) is 35.4 Å². The molecular weight excluding hydrogens is 266 g/mol. The van der Waals surface area contributed by atoms with Crippen LogP contribution < -0.4 is 0 Å². The van der Waals surface area contributed by atoms with Crippen LogP contribution in [0.25, 0.3) is 0 Å². The van der Waals surface area contributed by atoms with Gasteiger partial charge in [0, 0.05) is 24.9 Å². The second kappa shape index (κ2) is 5.98. The fraction of sp³-hybridized carbons (Fsp3) is 0.529. The molecule has 1 saturated heterocycles. The summed E-state index contributed by atoms with van der Waals surface area (Å²) in [5.41, 5.74) is 1.44. The van der Waals surface area contributed by atoms with Crippen molar-refractivity contribution in [2.75, 3.05) is 6.54 Å². The van der Waals surface area contributed by atoms with Gasteiger partial charge >= 0.3 is 5.97 Å². The normalized spacial score (nSPS) is 26.4. The van der Waals surface area contributed by atoms with Crippen LogP contribution in [0.5, 0.6) is 0 Å². The van der Waals surface area contributed by atoms with Crippen LogP contribution in [-0.2, 0) is 11.3 Å². The Bertz CT molecular complexity index is 537. The largest absolute Gasteiger partial charge is 0.478 e. The minimum Gasteiger partial charge on any atom is -0.478 e. The van der Waals surface area contributed by atoms with Crippen LogP contribution in [-0.4, -0.2) is 34.3 Å². The monoisotopic (exact) mass is 287 g/mol. The molecule has 21 heavy (non-hydrogen) atoms. The average Bonchev–Trinajstić information content (AvgIpc) is 3.08. The van der Waals surface area contributed by atoms with Crippen molar-refractivity contribution in [1.82, 2.24) is 4.90 Å². The summed E-state index contributed by atoms with van der Waals surface area (Å²) in [6.45, 7) is 1.85. The van der Waals surface area contributed by atoms with E-state index in [9.17, 15) is 9.59 Å². The number of aromatic carboxylic acids is 1. The van der Waals surface area contributed by atoms with Gasteiger partial charge in [-0.3, -0.25) is 9.69 Å². The number of hydrogen-bond acceptors (Lipinski definition) is 3. The van der Waals surface area contributed by atoms with Crippen LogP contribution in [0.3, 0.4) is 0 Å². The number of ketones is 1. The van der Waals surface area contributed by atoms with E-state index in [1.54, 1.807) is 12.1 Å². The predicted octanol–water partition coefficient (Wildman–Crippen LogP) is 2.72. The summed E-state index contributed by atoms with van der Waals surface area (Å²) in [5.74, 6) is -0.226. The highest BCUT2D eigenvalue weighted by molar-refractivity contribution is 5.87. The molecular formula is C17H21NO3. The lowest BCUT2D eigenvalue weighted by atomic mass is 9.95. The van der Waals surface area contributed by atoms with E-state index in [0.29, 0.717) is 17.4 Å². The predicted molar refractivity (Wildman–Crippen MR) is 79.2 cm³/mol. The van der Waals surface area contributed by atoms with Crippen molar-refractivity contribution in [2.45, 2.75) is 44.7 Å². The van der Waals surface area contributed by atoms with E-state index in [4.69, 9.17) is 5.11 Å². The van der Waals surface area contributed by atoms with Crippen LogP contribution in [0.1, 0.15) is 48.0 Å². The van der Waals surface area contributed by atoms with Crippen molar-refractivity contribution < 1.29 is 14.7 Å². The SMILES string of the molecule is O=C(O)c1ccc(CN2CCCC2C2CCCC2=O)cc1. The Balaban J connectivity index is 1.68. The molecule has 0 bridgehead atoms. The molecule has 2 atom stereocenters. The molecule has 0 aromatic heterocycles. The summed E-state index contributed by atoms with van der Waals surface area (Å²) in [6, 6.07) is 7.47. The van der Waals surface area contributed by atoms with Gasteiger partial charge in [0.1, 0.15) is 5.78 Å². The van der Waals surface area contributed by atoms with Gasteiger partial charge in [-0.05, 0) is 49.9 Å². The minimum absolute atomic E-state index is 0.228. The van der Waals surface area contributed by atoms with Crippen molar-refractivity contribution >= 4 is 11.8 Å². The molecule has 0 spiro atoms. The first-order chi connectivity index (χ1) is 10.1. The number of hydrogen-bond donors (Lipinski definition) is 1. The maximum absolute atomic E-state index is 12.0. The number of carboxylic acids is 1. The molecule has 4 heteroatoms. The topological polar surface area (TPSA) is 57.6 Å². The number of benzene rings is 1. The zero-order chi connectivity index (χ0) is 14.8. The number of carbonyl (C=O) groups excluding carboxylic acids is 1. The lowest BCUT2D eigenvalue weighted by Crippen LogP contribution is -2.36. The number of carboxylic acid groups (broad SMARTS) is 1. The van der Waals surface area contributed by atoms with E-state index in [1.807, 2.05) is 12.1 Å². The number of nitrogens with zero attached hydrogens (tertiary/aromatic N) is 1. The maximum Gasteiger partial charge on any atom is 0.335 e. The summed E-state index contributed by atoms with van der Waals surface area (Å²) < 4.78 is 0. The molecule has 4 nitrogen and oxygen atoms in total. The van der Waals surface area contributed by atoms with Gasteiger partial charge in [0.05, 0.1) is 5.56 Å². The molecule has 3 rings (SSSR count). The van der Waals surface area contributed by atoms with Crippen LogP contribution in [0.4, 0.5) is 0 Å². The van der Waals surface area contributed by atoms with Gasteiger partial charge in [0.25, 0.3) is 0 Å². The lowest BCUT2D eigenvalue weighted by Gasteiger charge is -2.28. The van der Waals surface area contributed by atoms with Gasteiger partial charge < -0.3 is 5.11 Å². The molecule has 1 aromatic rings. The second-order valence-electron chi connectivity index (χ2n) is 6.15. The molecule has 112 valence electrons. The lowest BCUT2D eigenvalue weighted by molar-refractivity contribution is -0.122. The highest BCUT2D eigenvalue weighted by Crippen LogP contribution is 2.34. The van der Waals surface area contributed by atoms with Crippen LogP contribution >= 0.6 is 0 Å². The molecule has 1 aromatic carbocycles. The minimum atomic E-state index is -0.892. The van der Waals surface area contributed by atoms with Crippen molar-refractivity contribution in [3.8, 4) is 0 Å². The smallest absolute Gasteiger partial charge is 0.335 e. The Morgan fingerprint density at radius 2 is 1.95 bits per heavy atom. The molecule has 1 heterocycles. The molecule has 2 aliphatic rings. The zero-order valence-corrected chi connectivity index (χ0v) is 12.1. The van der Waals surface area contributed by atoms with Crippen molar-refractivity contribution in [2.24, 2.45) is 5.92 Å². The van der Waals surface area contributed by atoms with Gasteiger partial charge in [-0.2, -0.15) is 0 Å². The Morgan fingerprint density at radius 3 is 2.57 bits per heavy atom. The third kappa shape index (κ3) is 3.00. The molecule has 0 amide bonds. The molecule has 1 N–H and O–H groups in total. The first-order valence-corrected chi connectivity index (χ1v) is 7.74. The molecule has 1 saturated carbocycles. The Kier molecular flexibility index (Phi) is 4.06. The van der Waals surface area contributed by atoms with E-state index in [2.05, 4.69) is 4.90 Å². The Morgan fingerprint density at radius 1 is 1.19 bits per heavy atom. The van der Waals surface area contributed by atoms with Crippen LogP contribution in [0.15, 0.2) is 24.3 Å². The van der Waals surface area contributed by atoms with Crippen molar-refractivity contribution in [1.29, 1.82) is 0 Å². The number of carbonyl (C=O) groups is 2. The van der Waals surface area contributed by atoms with Crippen LogP contribution in [0.2, 0.25) is 0 Å². The molecule has 2 unspecified atom stereocenters. The standard InChI is InChI=1S/C17H21NO3/c19-16-5-1-3-14(16)15-4-2-10-18(15)11-12-6-8-13(9-7-12)17(20)21/h6-9,14-15H,1-5,10-11H2,(H,20,21). The molecule has 2 fully saturated rings. The fourth-order valence-corrected chi connectivity index (χ4v) is 3.74. The van der Waals surface area contributed by atoms with Gasteiger partial charge in [-0.15, -0.1) is 0 Å². The zero-order valence-electron chi connectivity index (χ0n) is 12.1. The van der Waals surface area contributed by atoms with Crippen LogP contribution in [0, 0.1) is 5.92 Å². The first kappa shape index (κ1) is 14.3. The fourth-order valence-electron chi connectivity index (χ4n) is 3.74. The van der Waals surface area contributed by atoms with Gasteiger partial charge in [-0.1, -0.05) is 12.1 Å². The summed E-state index contributed by atoms with van der Waals surface area (Å²) in [6.07, 6.45) is 5.10. The Hall–Kier alpha value is -1.68. The molecule has 1 aliphatic heterocycles. The number of rotatable bonds is 4. The van der Waals surface area contributed by atoms with E-state index in [0.717, 1.165) is 50.8 Å². The molecule has 1 aliphatic carbocycles. The quantitative estimate of drug-likeness (QED) is 0.925. The van der Waals surface area contributed by atoms with Crippen molar-refractivity contribution in [3.63, 3.8) is 0 Å². The third-order valence-electron chi connectivity index (χ3n) is 4.82. The highest BCUT2D eigenvalue weighted by atomic mass is 16.4. The second-order valence-corrected chi connectivity index (χ2v) is 6.15. The van der Waals surface area contributed by atoms with E-state index >= 15 is 0 Å². The Labute approximate surface area is 124 Å². The molecule has 0 radical (unpaired) electrons. The van der Waals surface area contributed by atoms with E-state index in [1.165, 1.54) is 0 Å². The first-order valence-electron chi connectivity index (χ1n) is 7.74. The van der Waals surface area contributed by atoms with Gasteiger partial charge in [0.15, 0.2) is 0 Å². The summed E-state index contributed by atoms with van der Waals surface area (Å²) >= 11 is 0. The van der Waals surface area contributed by atoms with Gasteiger partial charge in [0.2, 0.25) is 0 Å². The van der Waals surface area contributed by atoms with Gasteiger partial charge in [-0.25, -0.2) is 4.79 Å². The summed E-state index contributed by atoms with van der Waals surface area (Å²) in [7, 11) is 0. The maximum atomic E-state index is 12.0. The summed E-state index contributed by atoms with van der Waals surface area (Å²) in [5, 5.41) is 8.93. The average molecular weight is 287 g/mol. The number of Topliss-reactive ketones (excluding diaryl/α,β-unsaturated/α-hetero) is 1. The highest BCUT2D eigenvalue weighted by Gasteiger charge is 2.37.